The molecule has 1 aliphatic heterocycles. The molecule has 0 spiro atoms. The summed E-state index contributed by atoms with van der Waals surface area (Å²) in [6.45, 7) is 3.15. The van der Waals surface area contributed by atoms with Gasteiger partial charge in [-0.25, -0.2) is 4.79 Å². The lowest BCUT2D eigenvalue weighted by molar-refractivity contribution is -0.133. The normalized spacial score (nSPS) is 19.2. The Bertz CT molecular complexity index is 932. The molecule has 140 valence electrons. The van der Waals surface area contributed by atoms with Crippen LogP contribution in [0.15, 0.2) is 46.9 Å². The number of aryl methyl sites for hydroxylation is 1. The van der Waals surface area contributed by atoms with Gasteiger partial charge in [0.15, 0.2) is 0 Å². The number of nitrogens with one attached hydrogen (secondary N) is 2. The molecular weight excluding hydrogens is 434 g/mol. The average molecular weight is 451 g/mol. The monoisotopic (exact) mass is 449 g/mol. The van der Waals surface area contributed by atoms with Gasteiger partial charge in [-0.2, -0.15) is 0 Å². The van der Waals surface area contributed by atoms with E-state index < -0.39 is 23.4 Å². The van der Waals surface area contributed by atoms with Crippen molar-refractivity contribution in [1.82, 2.24) is 10.2 Å². The molecule has 3 rings (SSSR count). The number of imide groups is 1. The van der Waals surface area contributed by atoms with Gasteiger partial charge in [0.05, 0.1) is 5.69 Å². The zero-order valence-electron chi connectivity index (χ0n) is 14.7. The summed E-state index contributed by atoms with van der Waals surface area (Å²) in [5.41, 5.74) is 0.951. The van der Waals surface area contributed by atoms with Crippen LogP contribution in [0, 0.1) is 6.92 Å². The van der Waals surface area contributed by atoms with Gasteiger partial charge in [0.2, 0.25) is 5.91 Å². The standard InChI is InChI=1S/C19H17BrClN3O3/c1-11-3-8-15(14(20)9-11)22-16(25)10-24-17(26)19(2,23-18(24)27)12-4-6-13(21)7-5-12/h3-9H,10H2,1-2H3,(H,22,25)(H,23,27)/t19-/m0/s1. The molecule has 6 nitrogen and oxygen atoms in total. The number of benzene rings is 2. The van der Waals surface area contributed by atoms with E-state index in [2.05, 4.69) is 26.6 Å². The third kappa shape index (κ3) is 3.84. The summed E-state index contributed by atoms with van der Waals surface area (Å²) in [6, 6.07) is 11.5. The number of hydrogen-bond acceptors (Lipinski definition) is 3. The average Bonchev–Trinajstić information content (AvgIpc) is 2.82. The first-order valence-corrected chi connectivity index (χ1v) is 9.34. The predicted octanol–water partition coefficient (Wildman–Crippen LogP) is 3.82. The fraction of sp³-hybridized carbons (Fsp3) is 0.211. The van der Waals surface area contributed by atoms with Crippen LogP contribution in [-0.4, -0.2) is 29.3 Å². The molecule has 1 aliphatic rings. The molecule has 0 radical (unpaired) electrons. The molecule has 1 fully saturated rings. The van der Waals surface area contributed by atoms with Crippen molar-refractivity contribution in [1.29, 1.82) is 0 Å². The quantitative estimate of drug-likeness (QED) is 0.695. The molecule has 0 unspecified atom stereocenters. The van der Waals surface area contributed by atoms with Gasteiger partial charge in [-0.05, 0) is 65.2 Å². The minimum absolute atomic E-state index is 0.381. The van der Waals surface area contributed by atoms with E-state index in [-0.39, 0.29) is 6.54 Å². The number of carbonyl (C=O) groups is 3. The maximum atomic E-state index is 12.8. The Hall–Kier alpha value is -2.38. The van der Waals surface area contributed by atoms with Crippen LogP contribution in [0.3, 0.4) is 0 Å². The Morgan fingerprint density at radius 1 is 1.22 bits per heavy atom. The lowest BCUT2D eigenvalue weighted by Crippen LogP contribution is -2.42. The topological polar surface area (TPSA) is 78.5 Å². The minimum Gasteiger partial charge on any atom is -0.323 e. The Labute approximate surface area is 170 Å². The van der Waals surface area contributed by atoms with Crippen LogP contribution < -0.4 is 10.6 Å². The summed E-state index contributed by atoms with van der Waals surface area (Å²) >= 11 is 9.27. The van der Waals surface area contributed by atoms with Gasteiger partial charge in [-0.3, -0.25) is 14.5 Å². The molecule has 2 aromatic carbocycles. The molecule has 27 heavy (non-hydrogen) atoms. The molecule has 1 heterocycles. The van der Waals surface area contributed by atoms with Crippen LogP contribution in [0.2, 0.25) is 5.02 Å². The van der Waals surface area contributed by atoms with Crippen molar-refractivity contribution in [3.05, 3.63) is 63.1 Å². The second-order valence-corrected chi connectivity index (χ2v) is 7.78. The lowest BCUT2D eigenvalue weighted by Gasteiger charge is -2.22. The number of rotatable bonds is 4. The second-order valence-electron chi connectivity index (χ2n) is 6.48. The number of amides is 4. The number of halogens is 2. The van der Waals surface area contributed by atoms with Crippen molar-refractivity contribution < 1.29 is 14.4 Å². The van der Waals surface area contributed by atoms with Crippen LogP contribution in [0.25, 0.3) is 0 Å². The van der Waals surface area contributed by atoms with E-state index in [1.54, 1.807) is 37.3 Å². The summed E-state index contributed by atoms with van der Waals surface area (Å²) in [4.78, 5) is 38.4. The third-order valence-corrected chi connectivity index (χ3v) is 5.30. The molecule has 0 bridgehead atoms. The maximum Gasteiger partial charge on any atom is 0.325 e. The van der Waals surface area contributed by atoms with Gasteiger partial charge in [0, 0.05) is 9.50 Å². The Kier molecular flexibility index (Phi) is 5.26. The number of urea groups is 1. The van der Waals surface area contributed by atoms with Crippen LogP contribution in [0.1, 0.15) is 18.1 Å². The zero-order valence-corrected chi connectivity index (χ0v) is 17.0. The number of hydrogen-bond donors (Lipinski definition) is 2. The van der Waals surface area contributed by atoms with Crippen LogP contribution in [-0.2, 0) is 15.1 Å². The highest BCUT2D eigenvalue weighted by molar-refractivity contribution is 9.10. The summed E-state index contributed by atoms with van der Waals surface area (Å²) in [6.07, 6.45) is 0. The van der Waals surface area contributed by atoms with Gasteiger partial charge < -0.3 is 10.6 Å². The molecular formula is C19H17BrClN3O3. The summed E-state index contributed by atoms with van der Waals surface area (Å²) in [5, 5.41) is 5.89. The summed E-state index contributed by atoms with van der Waals surface area (Å²) < 4.78 is 0.721. The molecule has 1 atom stereocenters. The molecule has 2 N–H and O–H groups in total. The van der Waals surface area contributed by atoms with Crippen molar-refractivity contribution in [2.24, 2.45) is 0 Å². The van der Waals surface area contributed by atoms with Crippen LogP contribution >= 0.6 is 27.5 Å². The largest absolute Gasteiger partial charge is 0.325 e. The van der Waals surface area contributed by atoms with Gasteiger partial charge in [0.1, 0.15) is 12.1 Å². The van der Waals surface area contributed by atoms with Crippen molar-refractivity contribution in [2.75, 3.05) is 11.9 Å². The Morgan fingerprint density at radius 3 is 2.52 bits per heavy atom. The van der Waals surface area contributed by atoms with Gasteiger partial charge in [-0.15, -0.1) is 0 Å². The molecule has 2 aromatic rings. The molecule has 0 aromatic heterocycles. The molecule has 4 amide bonds. The van der Waals surface area contributed by atoms with E-state index in [1.165, 1.54) is 0 Å². The van der Waals surface area contributed by atoms with Gasteiger partial charge >= 0.3 is 6.03 Å². The SMILES string of the molecule is Cc1ccc(NC(=O)CN2C(=O)N[C@@](C)(c3ccc(Cl)cc3)C2=O)c(Br)c1. The first-order chi connectivity index (χ1) is 12.7. The van der Waals surface area contributed by atoms with Crippen molar-refractivity contribution >= 4 is 51.1 Å². The van der Waals surface area contributed by atoms with Crippen molar-refractivity contribution in [3.8, 4) is 0 Å². The van der Waals surface area contributed by atoms with E-state index in [4.69, 9.17) is 11.6 Å². The van der Waals surface area contributed by atoms with Crippen molar-refractivity contribution in [2.45, 2.75) is 19.4 Å². The molecule has 8 heteroatoms. The smallest absolute Gasteiger partial charge is 0.323 e. The van der Waals surface area contributed by atoms with E-state index in [0.717, 1.165) is 14.9 Å². The first kappa shape index (κ1) is 19.4. The van der Waals surface area contributed by atoms with Crippen molar-refractivity contribution in [3.63, 3.8) is 0 Å². The minimum atomic E-state index is -1.24. The summed E-state index contributed by atoms with van der Waals surface area (Å²) in [5.74, 6) is -0.962. The number of anilines is 1. The Balaban J connectivity index is 1.75. The number of carbonyl (C=O) groups excluding carboxylic acids is 3. The predicted molar refractivity (Wildman–Crippen MR) is 107 cm³/mol. The van der Waals surface area contributed by atoms with Gasteiger partial charge in [-0.1, -0.05) is 29.8 Å². The lowest BCUT2D eigenvalue weighted by atomic mass is 9.92. The fourth-order valence-corrected chi connectivity index (χ4v) is 3.59. The molecule has 0 saturated carbocycles. The molecule has 1 saturated heterocycles. The number of nitrogens with zero attached hydrogens (tertiary/aromatic N) is 1. The fourth-order valence-electron chi connectivity index (χ4n) is 2.87. The van der Waals surface area contributed by atoms with Gasteiger partial charge in [0.25, 0.3) is 5.91 Å². The highest BCUT2D eigenvalue weighted by Gasteiger charge is 2.49. The maximum absolute atomic E-state index is 12.8. The summed E-state index contributed by atoms with van der Waals surface area (Å²) in [7, 11) is 0. The van der Waals surface area contributed by atoms with E-state index >= 15 is 0 Å². The third-order valence-electron chi connectivity index (χ3n) is 4.40. The van der Waals surface area contributed by atoms with E-state index in [0.29, 0.717) is 16.3 Å². The molecule has 0 aliphatic carbocycles. The zero-order chi connectivity index (χ0) is 19.8. The first-order valence-electron chi connectivity index (χ1n) is 8.17. The van der Waals surface area contributed by atoms with Crippen LogP contribution in [0.4, 0.5) is 10.5 Å². The van der Waals surface area contributed by atoms with E-state index in [9.17, 15) is 14.4 Å². The van der Waals surface area contributed by atoms with E-state index in [1.807, 2.05) is 19.1 Å². The second kappa shape index (κ2) is 7.32. The van der Waals surface area contributed by atoms with Crippen LogP contribution in [0.5, 0.6) is 0 Å². The Morgan fingerprint density at radius 2 is 1.89 bits per heavy atom. The highest BCUT2D eigenvalue weighted by atomic mass is 79.9. The highest BCUT2D eigenvalue weighted by Crippen LogP contribution is 2.30.